The third-order valence-corrected chi connectivity index (χ3v) is 3.49. The summed E-state index contributed by atoms with van der Waals surface area (Å²) in [6.45, 7) is 4.56. The largest absolute Gasteiger partial charge is 0.362 e. The van der Waals surface area contributed by atoms with Crippen LogP contribution < -0.4 is 5.32 Å². The van der Waals surface area contributed by atoms with Crippen molar-refractivity contribution in [3.05, 3.63) is 32.9 Å². The SMILES string of the molecule is Cc1c(Cl)nnc(NCc2nccs2)c1C. The van der Waals surface area contributed by atoms with Gasteiger partial charge >= 0.3 is 0 Å². The third-order valence-electron chi connectivity index (χ3n) is 2.36. The first-order chi connectivity index (χ1) is 7.68. The molecule has 0 bridgehead atoms. The van der Waals surface area contributed by atoms with Gasteiger partial charge in [0.1, 0.15) is 5.01 Å². The minimum atomic E-state index is 0.456. The summed E-state index contributed by atoms with van der Waals surface area (Å²) in [5.41, 5.74) is 1.98. The van der Waals surface area contributed by atoms with Crippen molar-refractivity contribution >= 4 is 28.8 Å². The second-order valence-electron chi connectivity index (χ2n) is 3.37. The van der Waals surface area contributed by atoms with Gasteiger partial charge in [0.15, 0.2) is 11.0 Å². The Hall–Kier alpha value is -1.20. The molecule has 2 heterocycles. The molecule has 2 aromatic heterocycles. The van der Waals surface area contributed by atoms with Crippen molar-refractivity contribution in [2.24, 2.45) is 0 Å². The van der Waals surface area contributed by atoms with E-state index in [0.29, 0.717) is 11.7 Å². The Morgan fingerprint density at radius 1 is 1.31 bits per heavy atom. The molecule has 0 aliphatic carbocycles. The Bertz CT molecular complexity index is 484. The maximum atomic E-state index is 5.87. The van der Waals surface area contributed by atoms with Crippen LogP contribution in [0.25, 0.3) is 0 Å². The zero-order valence-electron chi connectivity index (χ0n) is 8.99. The van der Waals surface area contributed by atoms with E-state index in [1.165, 1.54) is 0 Å². The topological polar surface area (TPSA) is 50.7 Å². The molecule has 0 saturated carbocycles. The van der Waals surface area contributed by atoms with E-state index in [0.717, 1.165) is 22.0 Å². The van der Waals surface area contributed by atoms with E-state index < -0.39 is 0 Å². The molecule has 6 heteroatoms. The lowest BCUT2D eigenvalue weighted by atomic mass is 10.2. The summed E-state index contributed by atoms with van der Waals surface area (Å²) >= 11 is 7.48. The average Bonchev–Trinajstić information content (AvgIpc) is 2.78. The number of hydrogen-bond donors (Lipinski definition) is 1. The van der Waals surface area contributed by atoms with Gasteiger partial charge in [0.2, 0.25) is 0 Å². The van der Waals surface area contributed by atoms with Crippen LogP contribution in [-0.4, -0.2) is 15.2 Å². The number of halogens is 1. The van der Waals surface area contributed by atoms with E-state index in [4.69, 9.17) is 11.6 Å². The number of thiazole rings is 1. The van der Waals surface area contributed by atoms with Crippen molar-refractivity contribution in [2.45, 2.75) is 20.4 Å². The second kappa shape index (κ2) is 4.76. The van der Waals surface area contributed by atoms with Crippen molar-refractivity contribution in [3.8, 4) is 0 Å². The summed E-state index contributed by atoms with van der Waals surface area (Å²) in [5, 5.41) is 14.5. The maximum absolute atomic E-state index is 5.87. The van der Waals surface area contributed by atoms with E-state index in [1.54, 1.807) is 17.5 Å². The molecule has 0 spiro atoms. The first kappa shape index (κ1) is 11.3. The van der Waals surface area contributed by atoms with Crippen molar-refractivity contribution in [2.75, 3.05) is 5.32 Å². The minimum absolute atomic E-state index is 0.456. The van der Waals surface area contributed by atoms with Crippen molar-refractivity contribution in [1.29, 1.82) is 0 Å². The van der Waals surface area contributed by atoms with Gasteiger partial charge in [0.25, 0.3) is 0 Å². The van der Waals surface area contributed by atoms with Gasteiger partial charge in [0, 0.05) is 11.6 Å². The van der Waals surface area contributed by atoms with Gasteiger partial charge in [-0.1, -0.05) is 11.6 Å². The molecule has 84 valence electrons. The molecule has 16 heavy (non-hydrogen) atoms. The molecule has 2 rings (SSSR count). The number of aromatic nitrogens is 3. The van der Waals surface area contributed by atoms with Gasteiger partial charge in [-0.05, 0) is 25.0 Å². The molecule has 2 aromatic rings. The smallest absolute Gasteiger partial charge is 0.155 e. The Morgan fingerprint density at radius 2 is 2.12 bits per heavy atom. The monoisotopic (exact) mass is 254 g/mol. The van der Waals surface area contributed by atoms with Crippen LogP contribution in [0.2, 0.25) is 5.15 Å². The van der Waals surface area contributed by atoms with Crippen LogP contribution in [0, 0.1) is 13.8 Å². The predicted octanol–water partition coefficient (Wildman–Crippen LogP) is 2.82. The van der Waals surface area contributed by atoms with Gasteiger partial charge in [-0.15, -0.1) is 21.5 Å². The average molecular weight is 255 g/mol. The molecular formula is C10H11ClN4S. The van der Waals surface area contributed by atoms with Crippen LogP contribution in [0.1, 0.15) is 16.1 Å². The molecule has 0 unspecified atom stereocenters. The van der Waals surface area contributed by atoms with Crippen LogP contribution in [0.3, 0.4) is 0 Å². The van der Waals surface area contributed by atoms with Gasteiger partial charge in [-0.3, -0.25) is 0 Å². The highest BCUT2D eigenvalue weighted by Crippen LogP contribution is 2.21. The molecule has 0 amide bonds. The number of nitrogens with zero attached hydrogens (tertiary/aromatic N) is 3. The number of hydrogen-bond acceptors (Lipinski definition) is 5. The zero-order valence-corrected chi connectivity index (χ0v) is 10.6. The quantitative estimate of drug-likeness (QED) is 0.915. The lowest BCUT2D eigenvalue weighted by Gasteiger charge is -2.08. The molecular weight excluding hydrogens is 244 g/mol. The Kier molecular flexibility index (Phi) is 3.36. The Labute approximate surface area is 103 Å². The van der Waals surface area contributed by atoms with E-state index in [-0.39, 0.29) is 0 Å². The van der Waals surface area contributed by atoms with E-state index >= 15 is 0 Å². The summed E-state index contributed by atoms with van der Waals surface area (Å²) in [5.74, 6) is 0.761. The lowest BCUT2D eigenvalue weighted by Crippen LogP contribution is -2.05. The number of rotatable bonds is 3. The van der Waals surface area contributed by atoms with Crippen molar-refractivity contribution in [3.63, 3.8) is 0 Å². The highest BCUT2D eigenvalue weighted by molar-refractivity contribution is 7.09. The normalized spacial score (nSPS) is 10.4. The van der Waals surface area contributed by atoms with Crippen LogP contribution >= 0.6 is 22.9 Å². The number of anilines is 1. The molecule has 0 atom stereocenters. The fraction of sp³-hybridized carbons (Fsp3) is 0.300. The lowest BCUT2D eigenvalue weighted by molar-refractivity contribution is 0.967. The molecule has 1 N–H and O–H groups in total. The van der Waals surface area contributed by atoms with E-state index in [1.807, 2.05) is 19.2 Å². The van der Waals surface area contributed by atoms with Crippen LogP contribution in [0.15, 0.2) is 11.6 Å². The molecule has 0 aliphatic rings. The van der Waals surface area contributed by atoms with Crippen LogP contribution in [0.4, 0.5) is 5.82 Å². The Balaban J connectivity index is 2.13. The molecule has 4 nitrogen and oxygen atoms in total. The predicted molar refractivity (Wildman–Crippen MR) is 66.0 cm³/mol. The van der Waals surface area contributed by atoms with Gasteiger partial charge in [-0.2, -0.15) is 0 Å². The fourth-order valence-corrected chi connectivity index (χ4v) is 1.98. The Morgan fingerprint density at radius 3 is 2.81 bits per heavy atom. The van der Waals surface area contributed by atoms with Crippen LogP contribution in [-0.2, 0) is 6.54 Å². The van der Waals surface area contributed by atoms with Crippen molar-refractivity contribution < 1.29 is 0 Å². The number of nitrogens with one attached hydrogen (secondary N) is 1. The summed E-state index contributed by atoms with van der Waals surface area (Å²) in [4.78, 5) is 4.18. The molecule has 0 radical (unpaired) electrons. The zero-order chi connectivity index (χ0) is 11.5. The summed E-state index contributed by atoms with van der Waals surface area (Å²) in [6.07, 6.45) is 1.79. The molecule has 0 aliphatic heterocycles. The van der Waals surface area contributed by atoms with E-state index in [2.05, 4.69) is 20.5 Å². The summed E-state index contributed by atoms with van der Waals surface area (Å²) in [6, 6.07) is 0. The first-order valence-corrected chi connectivity index (χ1v) is 6.06. The van der Waals surface area contributed by atoms with Crippen LogP contribution in [0.5, 0.6) is 0 Å². The summed E-state index contributed by atoms with van der Waals surface area (Å²) < 4.78 is 0. The fourth-order valence-electron chi connectivity index (χ4n) is 1.24. The minimum Gasteiger partial charge on any atom is -0.362 e. The molecule has 0 saturated heterocycles. The highest BCUT2D eigenvalue weighted by Gasteiger charge is 2.07. The highest BCUT2D eigenvalue weighted by atomic mass is 35.5. The third kappa shape index (κ3) is 2.31. The van der Waals surface area contributed by atoms with Gasteiger partial charge in [-0.25, -0.2) is 4.98 Å². The van der Waals surface area contributed by atoms with Crippen molar-refractivity contribution in [1.82, 2.24) is 15.2 Å². The van der Waals surface area contributed by atoms with Gasteiger partial charge in [0.05, 0.1) is 6.54 Å². The second-order valence-corrected chi connectivity index (χ2v) is 4.71. The van der Waals surface area contributed by atoms with E-state index in [9.17, 15) is 0 Å². The molecule has 0 aromatic carbocycles. The summed E-state index contributed by atoms with van der Waals surface area (Å²) in [7, 11) is 0. The maximum Gasteiger partial charge on any atom is 0.155 e. The molecule has 0 fully saturated rings. The first-order valence-electron chi connectivity index (χ1n) is 4.80. The standard InChI is InChI=1S/C10H11ClN4S/c1-6-7(2)10(15-14-9(6)11)13-5-8-12-3-4-16-8/h3-4H,5H2,1-2H3,(H,13,15). The van der Waals surface area contributed by atoms with Gasteiger partial charge < -0.3 is 5.32 Å².